The minimum absolute atomic E-state index is 0.0562. The molecule has 3 rings (SSSR count). The van der Waals surface area contributed by atoms with Crippen LogP contribution in [0.3, 0.4) is 0 Å². The van der Waals surface area contributed by atoms with Gasteiger partial charge >= 0.3 is 0 Å². The highest BCUT2D eigenvalue weighted by Gasteiger charge is 2.58. The van der Waals surface area contributed by atoms with E-state index in [4.69, 9.17) is 11.6 Å². The molecule has 1 aromatic rings. The van der Waals surface area contributed by atoms with Gasteiger partial charge in [-0.05, 0) is 13.3 Å². The zero-order valence-electron chi connectivity index (χ0n) is 9.61. The van der Waals surface area contributed by atoms with Gasteiger partial charge in [0.1, 0.15) is 5.15 Å². The lowest BCUT2D eigenvalue weighted by Crippen LogP contribution is -2.32. The minimum Gasteiger partial charge on any atom is -0.277 e. The number of rotatable bonds is 2. The van der Waals surface area contributed by atoms with Crippen molar-refractivity contribution in [3.05, 3.63) is 16.4 Å². The number of fused-ring (bicyclic) bond motifs is 1. The van der Waals surface area contributed by atoms with Crippen molar-refractivity contribution < 1.29 is 9.59 Å². The van der Waals surface area contributed by atoms with Crippen LogP contribution in [0, 0.1) is 18.8 Å². The molecule has 0 spiro atoms. The molecule has 1 aliphatic heterocycles. The summed E-state index contributed by atoms with van der Waals surface area (Å²) in [4.78, 5) is 25.0. The Morgan fingerprint density at radius 1 is 1.35 bits per heavy atom. The van der Waals surface area contributed by atoms with E-state index in [1.165, 1.54) is 4.90 Å². The van der Waals surface area contributed by atoms with Crippen LogP contribution in [-0.4, -0.2) is 26.5 Å². The molecule has 2 amide bonds. The second kappa shape index (κ2) is 3.32. The lowest BCUT2D eigenvalue weighted by atomic mass is 10.2. The van der Waals surface area contributed by atoms with Gasteiger partial charge in [0.05, 0.1) is 24.1 Å². The number of imide groups is 1. The molecule has 1 saturated heterocycles. The lowest BCUT2D eigenvalue weighted by molar-refractivity contribution is -0.142. The Bertz CT molecular complexity index is 517. The molecule has 1 aliphatic carbocycles. The van der Waals surface area contributed by atoms with Crippen LogP contribution < -0.4 is 0 Å². The second-order valence-electron chi connectivity index (χ2n) is 4.69. The fraction of sp³-hybridized carbons (Fsp3) is 0.545. The third-order valence-corrected chi connectivity index (χ3v) is 4.02. The number of halogens is 1. The Hall–Kier alpha value is -1.36. The summed E-state index contributed by atoms with van der Waals surface area (Å²) in [6.45, 7) is 2.08. The molecular weight excluding hydrogens is 242 g/mol. The largest absolute Gasteiger partial charge is 0.277 e. The van der Waals surface area contributed by atoms with Crippen molar-refractivity contribution in [3.63, 3.8) is 0 Å². The predicted octanol–water partition coefficient (Wildman–Crippen LogP) is 0.887. The van der Waals surface area contributed by atoms with Crippen molar-refractivity contribution in [2.45, 2.75) is 19.9 Å². The van der Waals surface area contributed by atoms with Crippen molar-refractivity contribution >= 4 is 23.4 Å². The molecule has 2 aliphatic rings. The van der Waals surface area contributed by atoms with Crippen molar-refractivity contribution in [2.75, 3.05) is 0 Å². The summed E-state index contributed by atoms with van der Waals surface area (Å²) in [7, 11) is 1.74. The summed E-state index contributed by atoms with van der Waals surface area (Å²) in [5.74, 6) is -0.227. The molecular formula is C11H12ClN3O2. The number of aryl methyl sites for hydroxylation is 2. The number of carbonyl (C=O) groups is 2. The zero-order valence-corrected chi connectivity index (χ0v) is 10.4. The van der Waals surface area contributed by atoms with E-state index in [1.54, 1.807) is 11.7 Å². The van der Waals surface area contributed by atoms with Gasteiger partial charge in [0.25, 0.3) is 0 Å². The standard InChI is InChI=1S/C11H12ClN3O2/c1-5-8(9(12)14(2)13-5)4-15-10(16)6-3-7(6)11(15)17/h6-7H,3-4H2,1-2H3. The molecule has 0 aromatic carbocycles. The average Bonchev–Trinajstić information content (AvgIpc) is 2.98. The van der Waals surface area contributed by atoms with E-state index in [9.17, 15) is 9.59 Å². The number of carbonyl (C=O) groups excluding carboxylic acids is 2. The van der Waals surface area contributed by atoms with Crippen LogP contribution in [0.4, 0.5) is 0 Å². The van der Waals surface area contributed by atoms with Crippen molar-refractivity contribution in [1.29, 1.82) is 0 Å². The molecule has 1 saturated carbocycles. The van der Waals surface area contributed by atoms with Gasteiger partial charge in [-0.25, -0.2) is 0 Å². The number of amides is 2. The molecule has 90 valence electrons. The molecule has 2 atom stereocenters. The van der Waals surface area contributed by atoms with E-state index in [0.717, 1.165) is 17.7 Å². The van der Waals surface area contributed by atoms with E-state index in [0.29, 0.717) is 5.15 Å². The number of likely N-dealkylation sites (tertiary alicyclic amines) is 1. The van der Waals surface area contributed by atoms with Crippen molar-refractivity contribution in [2.24, 2.45) is 18.9 Å². The average molecular weight is 254 g/mol. The van der Waals surface area contributed by atoms with Gasteiger partial charge in [-0.2, -0.15) is 5.10 Å². The molecule has 17 heavy (non-hydrogen) atoms. The van der Waals surface area contributed by atoms with E-state index in [1.807, 2.05) is 6.92 Å². The van der Waals surface area contributed by atoms with Gasteiger partial charge in [-0.3, -0.25) is 19.2 Å². The normalized spacial score (nSPS) is 26.6. The lowest BCUT2D eigenvalue weighted by Gasteiger charge is -2.16. The maximum atomic E-state index is 11.8. The summed E-state index contributed by atoms with van der Waals surface area (Å²) < 4.78 is 1.55. The van der Waals surface area contributed by atoms with Crippen molar-refractivity contribution in [3.8, 4) is 0 Å². The number of piperidine rings is 1. The first-order valence-electron chi connectivity index (χ1n) is 5.54. The number of aromatic nitrogens is 2. The maximum absolute atomic E-state index is 11.8. The Labute approximate surface area is 103 Å². The smallest absolute Gasteiger partial charge is 0.233 e. The van der Waals surface area contributed by atoms with Crippen LogP contribution in [-0.2, 0) is 23.2 Å². The molecule has 0 bridgehead atoms. The Balaban J connectivity index is 1.88. The molecule has 0 N–H and O–H groups in total. The van der Waals surface area contributed by atoms with Gasteiger partial charge in [0, 0.05) is 12.6 Å². The number of hydrogen-bond acceptors (Lipinski definition) is 3. The molecule has 5 nitrogen and oxygen atoms in total. The highest BCUT2D eigenvalue weighted by molar-refractivity contribution is 6.30. The first-order chi connectivity index (χ1) is 8.00. The summed E-state index contributed by atoms with van der Waals surface area (Å²) in [6, 6.07) is 0. The Kier molecular flexibility index (Phi) is 2.10. The fourth-order valence-corrected chi connectivity index (χ4v) is 2.65. The summed E-state index contributed by atoms with van der Waals surface area (Å²) in [5, 5.41) is 4.66. The highest BCUT2D eigenvalue weighted by atomic mass is 35.5. The van der Waals surface area contributed by atoms with E-state index >= 15 is 0 Å². The molecule has 1 aromatic heterocycles. The molecule has 2 heterocycles. The third-order valence-electron chi connectivity index (χ3n) is 3.54. The first-order valence-corrected chi connectivity index (χ1v) is 5.91. The van der Waals surface area contributed by atoms with Crippen LogP contribution in [0.25, 0.3) is 0 Å². The molecule has 6 heteroatoms. The topological polar surface area (TPSA) is 55.2 Å². The number of hydrogen-bond donors (Lipinski definition) is 0. The summed E-state index contributed by atoms with van der Waals surface area (Å²) in [6.07, 6.45) is 0.730. The van der Waals surface area contributed by atoms with Gasteiger partial charge < -0.3 is 0 Å². The van der Waals surface area contributed by atoms with Crippen LogP contribution in [0.5, 0.6) is 0 Å². The third kappa shape index (κ3) is 1.42. The summed E-state index contributed by atoms with van der Waals surface area (Å²) >= 11 is 6.09. The zero-order chi connectivity index (χ0) is 12.3. The first kappa shape index (κ1) is 10.8. The van der Waals surface area contributed by atoms with Crippen LogP contribution >= 0.6 is 11.6 Å². The predicted molar refractivity (Wildman–Crippen MR) is 60.1 cm³/mol. The van der Waals surface area contributed by atoms with Crippen LogP contribution in [0.2, 0.25) is 5.15 Å². The van der Waals surface area contributed by atoms with E-state index in [-0.39, 0.29) is 30.2 Å². The van der Waals surface area contributed by atoms with Crippen LogP contribution in [0.1, 0.15) is 17.7 Å². The number of nitrogens with zero attached hydrogens (tertiary/aromatic N) is 3. The Morgan fingerprint density at radius 3 is 2.41 bits per heavy atom. The highest BCUT2D eigenvalue weighted by Crippen LogP contribution is 2.47. The fourth-order valence-electron chi connectivity index (χ4n) is 2.42. The Morgan fingerprint density at radius 2 is 1.94 bits per heavy atom. The SMILES string of the molecule is Cc1nn(C)c(Cl)c1CN1C(=O)C2CC2C1=O. The molecule has 2 fully saturated rings. The van der Waals surface area contributed by atoms with Gasteiger partial charge in [-0.15, -0.1) is 0 Å². The van der Waals surface area contributed by atoms with E-state index in [2.05, 4.69) is 5.10 Å². The van der Waals surface area contributed by atoms with Crippen molar-refractivity contribution in [1.82, 2.24) is 14.7 Å². The van der Waals surface area contributed by atoms with Gasteiger partial charge in [0.2, 0.25) is 11.8 Å². The maximum Gasteiger partial charge on any atom is 0.233 e. The van der Waals surface area contributed by atoms with E-state index < -0.39 is 0 Å². The van der Waals surface area contributed by atoms with Crippen LogP contribution in [0.15, 0.2) is 0 Å². The quantitative estimate of drug-likeness (QED) is 0.736. The van der Waals surface area contributed by atoms with Gasteiger partial charge in [-0.1, -0.05) is 11.6 Å². The van der Waals surface area contributed by atoms with Gasteiger partial charge in [0.15, 0.2) is 0 Å². The minimum atomic E-state index is -0.0572. The summed E-state index contributed by atoms with van der Waals surface area (Å²) in [5.41, 5.74) is 1.52. The monoisotopic (exact) mass is 253 g/mol. The second-order valence-corrected chi connectivity index (χ2v) is 5.05. The molecule has 2 unspecified atom stereocenters. The molecule has 0 radical (unpaired) electrons.